The van der Waals surface area contributed by atoms with Crippen LogP contribution in [0.1, 0.15) is 11.1 Å². The molecule has 0 aliphatic rings. The van der Waals surface area contributed by atoms with Gasteiger partial charge in [-0.25, -0.2) is 0 Å². The fourth-order valence-corrected chi connectivity index (χ4v) is 2.37. The predicted molar refractivity (Wildman–Crippen MR) is 81.0 cm³/mol. The smallest absolute Gasteiger partial charge is 0.228 e. The number of halogens is 1. The second kappa shape index (κ2) is 5.96. The lowest BCUT2D eigenvalue weighted by Gasteiger charge is -2.08. The molecule has 0 bridgehead atoms. The van der Waals surface area contributed by atoms with Crippen LogP contribution >= 0.6 is 15.9 Å². The number of carbonyl (C=O) groups excluding carboxylic acids is 1. The molecule has 2 rings (SSSR count). The van der Waals surface area contributed by atoms with Gasteiger partial charge in [0.05, 0.1) is 12.1 Å². The van der Waals surface area contributed by atoms with Gasteiger partial charge in [0.1, 0.15) is 0 Å². The zero-order valence-corrected chi connectivity index (χ0v) is 12.4. The number of anilines is 1. The topological polar surface area (TPSA) is 69.6 Å². The molecule has 3 N–H and O–H groups in total. The van der Waals surface area contributed by atoms with Gasteiger partial charge >= 0.3 is 0 Å². The summed E-state index contributed by atoms with van der Waals surface area (Å²) >= 11 is 3.39. The number of phenolic OH excluding ortho intramolecular Hbond substituents is 2. The Morgan fingerprint density at radius 3 is 2.55 bits per heavy atom. The molecule has 5 heteroatoms. The van der Waals surface area contributed by atoms with Gasteiger partial charge in [-0.1, -0.05) is 12.1 Å². The molecular formula is C15H14BrNO3. The third-order valence-corrected chi connectivity index (χ3v) is 3.46. The molecule has 0 saturated carbocycles. The van der Waals surface area contributed by atoms with Crippen LogP contribution in [0, 0.1) is 6.92 Å². The van der Waals surface area contributed by atoms with Gasteiger partial charge in [0.15, 0.2) is 11.5 Å². The number of aryl methyl sites for hydroxylation is 1. The summed E-state index contributed by atoms with van der Waals surface area (Å²) < 4.78 is 0.819. The van der Waals surface area contributed by atoms with E-state index in [-0.39, 0.29) is 23.8 Å². The van der Waals surface area contributed by atoms with Crippen LogP contribution < -0.4 is 5.32 Å². The van der Waals surface area contributed by atoms with E-state index in [1.165, 1.54) is 12.1 Å². The molecule has 104 valence electrons. The molecule has 0 heterocycles. The van der Waals surface area contributed by atoms with Crippen LogP contribution in [-0.4, -0.2) is 16.1 Å². The van der Waals surface area contributed by atoms with E-state index in [0.717, 1.165) is 10.0 Å². The van der Waals surface area contributed by atoms with Crippen molar-refractivity contribution in [2.75, 3.05) is 5.32 Å². The number of benzene rings is 2. The van der Waals surface area contributed by atoms with Gasteiger partial charge in [0.2, 0.25) is 5.91 Å². The quantitative estimate of drug-likeness (QED) is 0.753. The third kappa shape index (κ3) is 3.51. The summed E-state index contributed by atoms with van der Waals surface area (Å²) in [6, 6.07) is 9.98. The van der Waals surface area contributed by atoms with E-state index in [0.29, 0.717) is 11.3 Å². The predicted octanol–water partition coefficient (Wildman–Crippen LogP) is 3.35. The summed E-state index contributed by atoms with van der Waals surface area (Å²) in [6.07, 6.45) is 0.119. The van der Waals surface area contributed by atoms with Crippen molar-refractivity contribution in [3.63, 3.8) is 0 Å². The first-order valence-corrected chi connectivity index (χ1v) is 6.82. The van der Waals surface area contributed by atoms with Gasteiger partial charge in [-0.2, -0.15) is 0 Å². The molecule has 4 nitrogen and oxygen atoms in total. The summed E-state index contributed by atoms with van der Waals surface area (Å²) in [4.78, 5) is 11.9. The lowest BCUT2D eigenvalue weighted by Crippen LogP contribution is -2.14. The van der Waals surface area contributed by atoms with Crippen LogP contribution in [0.5, 0.6) is 11.5 Å². The van der Waals surface area contributed by atoms with Crippen molar-refractivity contribution in [2.24, 2.45) is 0 Å². The van der Waals surface area contributed by atoms with Crippen LogP contribution in [-0.2, 0) is 11.2 Å². The molecule has 0 unspecified atom stereocenters. The average molecular weight is 336 g/mol. The van der Waals surface area contributed by atoms with E-state index in [9.17, 15) is 15.0 Å². The highest BCUT2D eigenvalue weighted by atomic mass is 79.9. The van der Waals surface area contributed by atoms with Gasteiger partial charge < -0.3 is 15.5 Å². The first-order chi connectivity index (χ1) is 9.45. The number of carbonyl (C=O) groups is 1. The van der Waals surface area contributed by atoms with Gasteiger partial charge in [-0.15, -0.1) is 0 Å². The molecule has 0 aliphatic carbocycles. The van der Waals surface area contributed by atoms with Crippen LogP contribution in [0.25, 0.3) is 0 Å². The Morgan fingerprint density at radius 1 is 1.15 bits per heavy atom. The molecule has 2 aromatic rings. The van der Waals surface area contributed by atoms with Crippen molar-refractivity contribution in [1.82, 2.24) is 0 Å². The summed E-state index contributed by atoms with van der Waals surface area (Å²) in [5.41, 5.74) is 2.42. The van der Waals surface area contributed by atoms with Crippen LogP contribution in [0.15, 0.2) is 40.9 Å². The minimum Gasteiger partial charge on any atom is -0.504 e. The maximum absolute atomic E-state index is 11.9. The lowest BCUT2D eigenvalue weighted by molar-refractivity contribution is -0.115. The zero-order valence-electron chi connectivity index (χ0n) is 10.9. The normalized spacial score (nSPS) is 10.3. The van der Waals surface area contributed by atoms with E-state index in [1.807, 2.05) is 25.1 Å². The Balaban J connectivity index is 2.07. The zero-order chi connectivity index (χ0) is 14.7. The molecule has 0 spiro atoms. The molecule has 0 aliphatic heterocycles. The highest BCUT2D eigenvalue weighted by Gasteiger charge is 2.08. The second-order valence-corrected chi connectivity index (χ2v) is 5.39. The number of amides is 1. The molecule has 0 aromatic heterocycles. The highest BCUT2D eigenvalue weighted by molar-refractivity contribution is 9.10. The molecule has 2 aromatic carbocycles. The van der Waals surface area contributed by atoms with Crippen molar-refractivity contribution < 1.29 is 15.0 Å². The van der Waals surface area contributed by atoms with Gasteiger partial charge in [0, 0.05) is 4.47 Å². The monoisotopic (exact) mass is 335 g/mol. The number of rotatable bonds is 3. The molecule has 20 heavy (non-hydrogen) atoms. The Kier molecular flexibility index (Phi) is 4.29. The molecule has 0 fully saturated rings. The Bertz CT molecular complexity index is 656. The minimum atomic E-state index is -0.230. The summed E-state index contributed by atoms with van der Waals surface area (Å²) in [6.45, 7) is 1.97. The lowest BCUT2D eigenvalue weighted by atomic mass is 10.1. The average Bonchev–Trinajstić information content (AvgIpc) is 2.37. The number of hydrogen-bond donors (Lipinski definition) is 3. The van der Waals surface area contributed by atoms with Crippen molar-refractivity contribution >= 4 is 27.5 Å². The highest BCUT2D eigenvalue weighted by Crippen LogP contribution is 2.26. The number of phenols is 2. The maximum Gasteiger partial charge on any atom is 0.228 e. The summed E-state index contributed by atoms with van der Waals surface area (Å²) in [5.74, 6) is -0.623. The third-order valence-electron chi connectivity index (χ3n) is 2.80. The molecule has 0 saturated heterocycles. The van der Waals surface area contributed by atoms with Crippen molar-refractivity contribution in [1.29, 1.82) is 0 Å². The minimum absolute atomic E-state index is 0.119. The van der Waals surface area contributed by atoms with Gasteiger partial charge in [-0.05, 0) is 58.2 Å². The van der Waals surface area contributed by atoms with E-state index < -0.39 is 0 Å². The number of hydrogen-bond acceptors (Lipinski definition) is 3. The fraction of sp³-hybridized carbons (Fsp3) is 0.133. The first kappa shape index (κ1) is 14.4. The Labute approximate surface area is 125 Å². The van der Waals surface area contributed by atoms with E-state index >= 15 is 0 Å². The van der Waals surface area contributed by atoms with Gasteiger partial charge in [0.25, 0.3) is 0 Å². The standard InChI is InChI=1S/C15H14BrNO3/c1-9-2-4-12(11(16)6-9)17-15(20)8-10-3-5-13(18)14(19)7-10/h2-7,18-19H,8H2,1H3,(H,17,20). The van der Waals surface area contributed by atoms with Crippen molar-refractivity contribution in [3.05, 3.63) is 52.0 Å². The van der Waals surface area contributed by atoms with E-state index in [2.05, 4.69) is 21.2 Å². The van der Waals surface area contributed by atoms with Crippen molar-refractivity contribution in [2.45, 2.75) is 13.3 Å². The first-order valence-electron chi connectivity index (χ1n) is 6.02. The molecule has 1 amide bonds. The number of aromatic hydroxyl groups is 2. The largest absolute Gasteiger partial charge is 0.504 e. The van der Waals surface area contributed by atoms with Crippen LogP contribution in [0.4, 0.5) is 5.69 Å². The SMILES string of the molecule is Cc1ccc(NC(=O)Cc2ccc(O)c(O)c2)c(Br)c1. The van der Waals surface area contributed by atoms with Crippen LogP contribution in [0.3, 0.4) is 0 Å². The molecule has 0 radical (unpaired) electrons. The Morgan fingerprint density at radius 2 is 1.90 bits per heavy atom. The fourth-order valence-electron chi connectivity index (χ4n) is 1.78. The number of nitrogens with one attached hydrogen (secondary N) is 1. The van der Waals surface area contributed by atoms with E-state index in [1.54, 1.807) is 6.07 Å². The maximum atomic E-state index is 11.9. The summed E-state index contributed by atoms with van der Waals surface area (Å²) in [7, 11) is 0. The molecule has 0 atom stereocenters. The van der Waals surface area contributed by atoms with Crippen molar-refractivity contribution in [3.8, 4) is 11.5 Å². The second-order valence-electron chi connectivity index (χ2n) is 4.53. The van der Waals surface area contributed by atoms with E-state index in [4.69, 9.17) is 0 Å². The summed E-state index contributed by atoms with van der Waals surface area (Å²) in [5, 5.41) is 21.4. The Hall–Kier alpha value is -2.01. The van der Waals surface area contributed by atoms with Gasteiger partial charge in [-0.3, -0.25) is 4.79 Å². The molecular weight excluding hydrogens is 322 g/mol. The van der Waals surface area contributed by atoms with Crippen LogP contribution in [0.2, 0.25) is 0 Å².